The fourth-order valence-corrected chi connectivity index (χ4v) is 0.711. The predicted octanol–water partition coefficient (Wildman–Crippen LogP) is -0.695. The number of rotatable bonds is 4. The molecule has 1 saturated heterocycles. The Morgan fingerprint density at radius 1 is 1.70 bits per heavy atom. The smallest absolute Gasteiger partial charge is 0.117 e. The van der Waals surface area contributed by atoms with Crippen molar-refractivity contribution in [3.05, 3.63) is 0 Å². The van der Waals surface area contributed by atoms with Crippen LogP contribution in [0.2, 0.25) is 0 Å². The highest BCUT2D eigenvalue weighted by Gasteiger charge is 2.18. The first kappa shape index (κ1) is 7.91. The van der Waals surface area contributed by atoms with Gasteiger partial charge in [0.05, 0.1) is 25.4 Å². The van der Waals surface area contributed by atoms with Crippen LogP contribution >= 0.6 is 0 Å². The molecule has 0 aromatic heterocycles. The fourth-order valence-electron chi connectivity index (χ4n) is 0.711. The lowest BCUT2D eigenvalue weighted by molar-refractivity contribution is -0.0107. The second kappa shape index (κ2) is 3.85. The van der Waals surface area contributed by atoms with E-state index in [0.717, 1.165) is 0 Å². The summed E-state index contributed by atoms with van der Waals surface area (Å²) in [5, 5.41) is 11.7. The van der Waals surface area contributed by atoms with Gasteiger partial charge in [0.25, 0.3) is 0 Å². The van der Waals surface area contributed by atoms with Crippen LogP contribution in [0.1, 0.15) is 0 Å². The minimum Gasteiger partial charge on any atom is -0.389 e. The standard InChI is InChI=1S/C6H12FNO2/c7-1-6(9)2-8-5-3-10-4-5/h5-6,8-9H,1-4H2. The first-order chi connectivity index (χ1) is 4.83. The molecular formula is C6H12FNO2. The maximum Gasteiger partial charge on any atom is 0.117 e. The van der Waals surface area contributed by atoms with Crippen molar-refractivity contribution >= 4 is 0 Å². The van der Waals surface area contributed by atoms with E-state index < -0.39 is 12.8 Å². The first-order valence-electron chi connectivity index (χ1n) is 3.38. The highest BCUT2D eigenvalue weighted by atomic mass is 19.1. The maximum absolute atomic E-state index is 11.6. The molecule has 0 aromatic carbocycles. The zero-order valence-corrected chi connectivity index (χ0v) is 5.72. The van der Waals surface area contributed by atoms with E-state index in [-0.39, 0.29) is 0 Å². The van der Waals surface area contributed by atoms with Crippen molar-refractivity contribution in [1.82, 2.24) is 5.32 Å². The molecule has 0 spiro atoms. The SMILES string of the molecule is OC(CF)CNC1COC1. The van der Waals surface area contributed by atoms with Crippen LogP contribution < -0.4 is 5.32 Å². The van der Waals surface area contributed by atoms with E-state index in [1.165, 1.54) is 0 Å². The lowest BCUT2D eigenvalue weighted by Gasteiger charge is -2.27. The topological polar surface area (TPSA) is 41.5 Å². The molecule has 4 heteroatoms. The van der Waals surface area contributed by atoms with Gasteiger partial charge in [0.1, 0.15) is 6.67 Å². The van der Waals surface area contributed by atoms with Gasteiger partial charge in [-0.05, 0) is 0 Å². The molecule has 1 heterocycles. The third-order valence-electron chi connectivity index (χ3n) is 1.46. The molecule has 1 unspecified atom stereocenters. The van der Waals surface area contributed by atoms with Crippen LogP contribution in [-0.2, 0) is 4.74 Å². The summed E-state index contributed by atoms with van der Waals surface area (Å²) < 4.78 is 16.5. The monoisotopic (exact) mass is 149 g/mol. The number of ether oxygens (including phenoxy) is 1. The molecule has 0 aliphatic carbocycles. The minimum atomic E-state index is -0.861. The molecule has 0 aromatic rings. The summed E-state index contributed by atoms with van der Waals surface area (Å²) in [5.74, 6) is 0. The Morgan fingerprint density at radius 2 is 2.40 bits per heavy atom. The molecule has 1 atom stereocenters. The van der Waals surface area contributed by atoms with Crippen LogP contribution in [-0.4, -0.2) is 43.7 Å². The maximum atomic E-state index is 11.6. The van der Waals surface area contributed by atoms with Crippen molar-refractivity contribution in [2.24, 2.45) is 0 Å². The van der Waals surface area contributed by atoms with E-state index in [4.69, 9.17) is 9.84 Å². The van der Waals surface area contributed by atoms with Gasteiger partial charge in [-0.3, -0.25) is 0 Å². The molecule has 0 amide bonds. The number of halogens is 1. The van der Waals surface area contributed by atoms with Gasteiger partial charge >= 0.3 is 0 Å². The van der Waals surface area contributed by atoms with Gasteiger partial charge in [0.15, 0.2) is 0 Å². The highest BCUT2D eigenvalue weighted by Crippen LogP contribution is 1.98. The lowest BCUT2D eigenvalue weighted by atomic mass is 10.2. The van der Waals surface area contributed by atoms with Gasteiger partial charge in [-0.15, -0.1) is 0 Å². The van der Waals surface area contributed by atoms with Crippen LogP contribution in [0.3, 0.4) is 0 Å². The summed E-state index contributed by atoms with van der Waals surface area (Å²) in [4.78, 5) is 0. The predicted molar refractivity (Wildman–Crippen MR) is 34.6 cm³/mol. The zero-order chi connectivity index (χ0) is 7.40. The Labute approximate surface area is 59.2 Å². The van der Waals surface area contributed by atoms with Crippen LogP contribution in [0.5, 0.6) is 0 Å². The Kier molecular flexibility index (Phi) is 3.05. The van der Waals surface area contributed by atoms with Crippen molar-refractivity contribution < 1.29 is 14.2 Å². The fraction of sp³-hybridized carbons (Fsp3) is 1.00. The quantitative estimate of drug-likeness (QED) is 0.555. The molecule has 0 bridgehead atoms. The third kappa shape index (κ3) is 2.21. The van der Waals surface area contributed by atoms with Gasteiger partial charge in [-0.1, -0.05) is 0 Å². The average Bonchev–Trinajstić information content (AvgIpc) is 1.84. The number of hydrogen-bond donors (Lipinski definition) is 2. The van der Waals surface area contributed by atoms with Crippen LogP contribution in [0.25, 0.3) is 0 Å². The molecule has 0 saturated carbocycles. The third-order valence-corrected chi connectivity index (χ3v) is 1.46. The van der Waals surface area contributed by atoms with E-state index in [9.17, 15) is 4.39 Å². The molecular weight excluding hydrogens is 137 g/mol. The van der Waals surface area contributed by atoms with E-state index in [2.05, 4.69) is 5.32 Å². The molecule has 0 radical (unpaired) electrons. The number of hydrogen-bond acceptors (Lipinski definition) is 3. The normalized spacial score (nSPS) is 22.2. The van der Waals surface area contributed by atoms with Crippen molar-refractivity contribution in [1.29, 1.82) is 0 Å². The minimum absolute atomic E-state index is 0.321. The van der Waals surface area contributed by atoms with Gasteiger partial charge in [-0.2, -0.15) is 0 Å². The van der Waals surface area contributed by atoms with Crippen LogP contribution in [0, 0.1) is 0 Å². The molecule has 1 rings (SSSR count). The summed E-state index contributed by atoms with van der Waals surface area (Å²) in [6, 6.07) is 0.321. The molecule has 1 aliphatic heterocycles. The molecule has 10 heavy (non-hydrogen) atoms. The highest BCUT2D eigenvalue weighted by molar-refractivity contribution is 4.74. The van der Waals surface area contributed by atoms with E-state index in [0.29, 0.717) is 25.8 Å². The van der Waals surface area contributed by atoms with Crippen molar-refractivity contribution in [2.75, 3.05) is 26.4 Å². The molecule has 1 fully saturated rings. The molecule has 2 N–H and O–H groups in total. The number of aliphatic hydroxyl groups is 1. The Morgan fingerprint density at radius 3 is 2.80 bits per heavy atom. The second-order valence-corrected chi connectivity index (χ2v) is 2.45. The summed E-state index contributed by atoms with van der Waals surface area (Å²) in [7, 11) is 0. The zero-order valence-electron chi connectivity index (χ0n) is 5.72. The molecule has 1 aliphatic rings. The van der Waals surface area contributed by atoms with Crippen LogP contribution in [0.15, 0.2) is 0 Å². The van der Waals surface area contributed by atoms with E-state index >= 15 is 0 Å². The summed E-state index contributed by atoms with van der Waals surface area (Å²) in [5.41, 5.74) is 0. The summed E-state index contributed by atoms with van der Waals surface area (Å²) in [6.07, 6.45) is -0.861. The first-order valence-corrected chi connectivity index (χ1v) is 3.38. The molecule has 60 valence electrons. The van der Waals surface area contributed by atoms with Crippen molar-refractivity contribution in [3.8, 4) is 0 Å². The number of alkyl halides is 1. The van der Waals surface area contributed by atoms with Gasteiger partial charge in [-0.25, -0.2) is 4.39 Å². The Bertz CT molecular complexity index is 93.0. The largest absolute Gasteiger partial charge is 0.389 e. The summed E-state index contributed by atoms with van der Waals surface area (Å²) in [6.45, 7) is 1.00. The van der Waals surface area contributed by atoms with E-state index in [1.54, 1.807) is 0 Å². The Hall–Kier alpha value is -0.190. The second-order valence-electron chi connectivity index (χ2n) is 2.45. The molecule has 3 nitrogen and oxygen atoms in total. The Balaban J connectivity index is 1.93. The summed E-state index contributed by atoms with van der Waals surface area (Å²) >= 11 is 0. The average molecular weight is 149 g/mol. The van der Waals surface area contributed by atoms with Gasteiger partial charge < -0.3 is 15.2 Å². The van der Waals surface area contributed by atoms with Gasteiger partial charge in [0, 0.05) is 6.54 Å². The van der Waals surface area contributed by atoms with Gasteiger partial charge in [0.2, 0.25) is 0 Å². The van der Waals surface area contributed by atoms with Crippen LogP contribution in [0.4, 0.5) is 4.39 Å². The number of nitrogens with one attached hydrogen (secondary N) is 1. The lowest BCUT2D eigenvalue weighted by Crippen LogP contribution is -2.48. The van der Waals surface area contributed by atoms with E-state index in [1.807, 2.05) is 0 Å². The van der Waals surface area contributed by atoms with Crippen molar-refractivity contribution in [2.45, 2.75) is 12.1 Å². The number of aliphatic hydroxyl groups excluding tert-OH is 1. The van der Waals surface area contributed by atoms with Crippen molar-refractivity contribution in [3.63, 3.8) is 0 Å².